The molecule has 0 aliphatic heterocycles. The van der Waals surface area contributed by atoms with Crippen molar-refractivity contribution < 1.29 is 9.18 Å². The predicted molar refractivity (Wildman–Crippen MR) is 63.8 cm³/mol. The number of carbonyl (C=O) groups is 1. The van der Waals surface area contributed by atoms with Crippen LogP contribution in [0.4, 0.5) is 4.39 Å². The van der Waals surface area contributed by atoms with E-state index in [1.54, 1.807) is 13.0 Å². The summed E-state index contributed by atoms with van der Waals surface area (Å²) in [5.41, 5.74) is 1.07. The number of aryl methyl sites for hydroxylation is 1. The number of hydrogen-bond acceptors (Lipinski definition) is 1. The van der Waals surface area contributed by atoms with E-state index in [4.69, 9.17) is 0 Å². The molecule has 1 rings (SSSR count). The molecule has 86 valence electrons. The maximum atomic E-state index is 12.7. The van der Waals surface area contributed by atoms with Crippen molar-refractivity contribution in [1.82, 2.24) is 0 Å². The third-order valence-corrected chi connectivity index (χ3v) is 1.56. The Bertz CT molecular complexity index is 293. The van der Waals surface area contributed by atoms with Gasteiger partial charge in [-0.2, -0.15) is 0 Å². The highest BCUT2D eigenvalue weighted by Crippen LogP contribution is 2.09. The molecule has 0 saturated carbocycles. The van der Waals surface area contributed by atoms with Gasteiger partial charge in [0, 0.05) is 5.56 Å². The second kappa shape index (κ2) is 9.38. The molecule has 0 fully saturated rings. The molecular formula is C13H21FO. The van der Waals surface area contributed by atoms with Gasteiger partial charge in [-0.1, -0.05) is 27.7 Å². The molecule has 2 heteroatoms. The Labute approximate surface area is 92.3 Å². The van der Waals surface area contributed by atoms with Crippen molar-refractivity contribution >= 4 is 5.78 Å². The number of carbonyl (C=O) groups excluding carboxylic acids is 1. The van der Waals surface area contributed by atoms with E-state index in [1.165, 1.54) is 19.1 Å². The molecule has 0 aromatic heterocycles. The van der Waals surface area contributed by atoms with Crippen LogP contribution in [0.5, 0.6) is 0 Å². The lowest BCUT2D eigenvalue weighted by molar-refractivity contribution is 0.101. The second-order valence-corrected chi connectivity index (χ2v) is 2.52. The van der Waals surface area contributed by atoms with E-state index < -0.39 is 0 Å². The average molecular weight is 212 g/mol. The summed E-state index contributed by atoms with van der Waals surface area (Å²) in [7, 11) is 0. The Morgan fingerprint density at radius 2 is 1.60 bits per heavy atom. The van der Waals surface area contributed by atoms with Gasteiger partial charge in [0.1, 0.15) is 5.82 Å². The Morgan fingerprint density at radius 3 is 1.93 bits per heavy atom. The van der Waals surface area contributed by atoms with Gasteiger partial charge in [0.05, 0.1) is 0 Å². The minimum Gasteiger partial charge on any atom is -0.295 e. The average Bonchev–Trinajstić information content (AvgIpc) is 2.27. The van der Waals surface area contributed by atoms with E-state index >= 15 is 0 Å². The van der Waals surface area contributed by atoms with Crippen LogP contribution in [0.15, 0.2) is 18.2 Å². The van der Waals surface area contributed by atoms with Crippen molar-refractivity contribution in [1.29, 1.82) is 0 Å². The van der Waals surface area contributed by atoms with E-state index in [1.807, 2.05) is 27.7 Å². The van der Waals surface area contributed by atoms with E-state index in [2.05, 4.69) is 0 Å². The third-order valence-electron chi connectivity index (χ3n) is 1.56. The van der Waals surface area contributed by atoms with Gasteiger partial charge in [-0.25, -0.2) is 4.39 Å². The highest BCUT2D eigenvalue weighted by Gasteiger charge is 2.01. The quantitative estimate of drug-likeness (QED) is 0.631. The molecule has 0 N–H and O–H groups in total. The normalized spacial score (nSPS) is 7.93. The summed E-state index contributed by atoms with van der Waals surface area (Å²) in [4.78, 5) is 10.8. The van der Waals surface area contributed by atoms with Gasteiger partial charge in [0.2, 0.25) is 0 Å². The first kappa shape index (κ1) is 16.3. The fourth-order valence-corrected chi connectivity index (χ4v) is 0.864. The molecule has 1 aromatic rings. The number of halogens is 1. The smallest absolute Gasteiger partial charge is 0.159 e. The van der Waals surface area contributed by atoms with Crippen molar-refractivity contribution in [2.75, 3.05) is 0 Å². The first-order valence-electron chi connectivity index (χ1n) is 5.38. The second-order valence-electron chi connectivity index (χ2n) is 2.52. The topological polar surface area (TPSA) is 17.1 Å². The molecule has 0 heterocycles. The van der Waals surface area contributed by atoms with Crippen LogP contribution in [-0.2, 0) is 0 Å². The van der Waals surface area contributed by atoms with Crippen molar-refractivity contribution in [2.45, 2.75) is 41.5 Å². The zero-order valence-electron chi connectivity index (χ0n) is 10.5. The van der Waals surface area contributed by atoms with Gasteiger partial charge < -0.3 is 0 Å². The van der Waals surface area contributed by atoms with Gasteiger partial charge in [-0.15, -0.1) is 0 Å². The molecule has 0 aliphatic carbocycles. The van der Waals surface area contributed by atoms with Gasteiger partial charge in [-0.3, -0.25) is 4.79 Å². The van der Waals surface area contributed by atoms with Crippen LogP contribution in [0.1, 0.15) is 50.5 Å². The van der Waals surface area contributed by atoms with E-state index in [0.29, 0.717) is 11.1 Å². The summed E-state index contributed by atoms with van der Waals surface area (Å²) in [6.07, 6.45) is 0. The zero-order chi connectivity index (χ0) is 12.4. The molecule has 0 bridgehead atoms. The van der Waals surface area contributed by atoms with Crippen LogP contribution in [0.25, 0.3) is 0 Å². The summed E-state index contributed by atoms with van der Waals surface area (Å²) in [6.45, 7) is 11.1. The first-order chi connectivity index (χ1) is 7.11. The van der Waals surface area contributed by atoms with E-state index in [9.17, 15) is 9.18 Å². The van der Waals surface area contributed by atoms with Crippen LogP contribution in [0.3, 0.4) is 0 Å². The van der Waals surface area contributed by atoms with E-state index in [-0.39, 0.29) is 11.6 Å². The first-order valence-corrected chi connectivity index (χ1v) is 5.38. The molecule has 1 nitrogen and oxygen atoms in total. The van der Waals surface area contributed by atoms with Crippen LogP contribution < -0.4 is 0 Å². The van der Waals surface area contributed by atoms with Crippen molar-refractivity contribution in [3.63, 3.8) is 0 Å². The van der Waals surface area contributed by atoms with Crippen molar-refractivity contribution in [3.8, 4) is 0 Å². The molecule has 15 heavy (non-hydrogen) atoms. The number of rotatable bonds is 1. The highest BCUT2D eigenvalue weighted by molar-refractivity contribution is 5.94. The van der Waals surface area contributed by atoms with E-state index in [0.717, 1.165) is 0 Å². The standard InChI is InChI=1S/C9H9FO.2C2H6/c1-6-5-8(7(2)11)3-4-9(6)10;2*1-2/h3-5H,1-2H3;2*1-2H3. The molecule has 0 aliphatic rings. The number of hydrogen-bond donors (Lipinski definition) is 0. The fourth-order valence-electron chi connectivity index (χ4n) is 0.864. The number of Topliss-reactive ketones (excluding diaryl/α,β-unsaturated/α-hetero) is 1. The largest absolute Gasteiger partial charge is 0.295 e. The van der Waals surface area contributed by atoms with Crippen molar-refractivity contribution in [3.05, 3.63) is 35.1 Å². The molecule has 0 amide bonds. The van der Waals surface area contributed by atoms with Crippen LogP contribution in [0.2, 0.25) is 0 Å². The maximum Gasteiger partial charge on any atom is 0.159 e. The molecule has 0 unspecified atom stereocenters. The summed E-state index contributed by atoms with van der Waals surface area (Å²) in [6, 6.07) is 4.36. The summed E-state index contributed by atoms with van der Waals surface area (Å²) in [5.74, 6) is -0.303. The lowest BCUT2D eigenvalue weighted by atomic mass is 10.1. The molecule has 0 saturated heterocycles. The predicted octanol–water partition coefficient (Wildman–Crippen LogP) is 4.39. The van der Waals surface area contributed by atoms with Crippen molar-refractivity contribution in [2.24, 2.45) is 0 Å². The Morgan fingerprint density at radius 1 is 1.13 bits per heavy atom. The minimum absolute atomic E-state index is 0.0342. The zero-order valence-corrected chi connectivity index (χ0v) is 10.5. The summed E-state index contributed by atoms with van der Waals surface area (Å²) < 4.78 is 12.7. The van der Waals surface area contributed by atoms with Crippen LogP contribution in [-0.4, -0.2) is 5.78 Å². The van der Waals surface area contributed by atoms with Gasteiger partial charge in [-0.05, 0) is 37.6 Å². The van der Waals surface area contributed by atoms with Gasteiger partial charge >= 0.3 is 0 Å². The Hall–Kier alpha value is -1.18. The highest BCUT2D eigenvalue weighted by atomic mass is 19.1. The molecule has 0 spiro atoms. The van der Waals surface area contributed by atoms with Gasteiger partial charge in [0.25, 0.3) is 0 Å². The summed E-state index contributed by atoms with van der Waals surface area (Å²) >= 11 is 0. The Balaban J connectivity index is 0. The monoisotopic (exact) mass is 212 g/mol. The summed E-state index contributed by atoms with van der Waals surface area (Å²) in [5, 5.41) is 0. The van der Waals surface area contributed by atoms with Gasteiger partial charge in [0.15, 0.2) is 5.78 Å². The lowest BCUT2D eigenvalue weighted by Crippen LogP contribution is -1.93. The number of benzene rings is 1. The third kappa shape index (κ3) is 6.00. The Kier molecular flexibility index (Phi) is 10.2. The lowest BCUT2D eigenvalue weighted by Gasteiger charge is -1.97. The minimum atomic E-state index is -0.269. The molecule has 0 atom stereocenters. The molecular weight excluding hydrogens is 191 g/mol. The SMILES string of the molecule is CC.CC.CC(=O)c1ccc(F)c(C)c1. The fraction of sp³-hybridized carbons (Fsp3) is 0.462. The van der Waals surface area contributed by atoms with Crippen LogP contribution >= 0.6 is 0 Å². The molecule has 1 aromatic carbocycles. The van der Waals surface area contributed by atoms with Crippen LogP contribution in [0, 0.1) is 12.7 Å². The number of ketones is 1. The maximum absolute atomic E-state index is 12.7. The molecule has 0 radical (unpaired) electrons.